The average Bonchev–Trinajstić information content (AvgIpc) is 2.75. The number of nitrogens with zero attached hydrogens (tertiary/aromatic N) is 1. The Morgan fingerprint density at radius 1 is 1.30 bits per heavy atom. The minimum atomic E-state index is 0.632. The molecule has 0 saturated heterocycles. The summed E-state index contributed by atoms with van der Waals surface area (Å²) in [7, 11) is 0. The highest BCUT2D eigenvalue weighted by molar-refractivity contribution is 7.11. The summed E-state index contributed by atoms with van der Waals surface area (Å²) in [5.74, 6) is 0. The second-order valence-corrected chi connectivity index (χ2v) is 6.93. The van der Waals surface area contributed by atoms with Crippen molar-refractivity contribution in [3.8, 4) is 0 Å². The summed E-state index contributed by atoms with van der Waals surface area (Å²) in [6, 6.07) is 9.55. The van der Waals surface area contributed by atoms with Gasteiger partial charge in [0.25, 0.3) is 0 Å². The molecule has 0 fully saturated rings. The average molecular weight is 286 g/mol. The van der Waals surface area contributed by atoms with Gasteiger partial charge in [-0.2, -0.15) is 0 Å². The van der Waals surface area contributed by atoms with E-state index in [1.165, 1.54) is 41.1 Å². The number of aryl methyl sites for hydroxylation is 2. The van der Waals surface area contributed by atoms with Gasteiger partial charge in [-0.1, -0.05) is 24.3 Å². The molecule has 2 aromatic rings. The van der Waals surface area contributed by atoms with Crippen LogP contribution in [0.2, 0.25) is 0 Å². The van der Waals surface area contributed by atoms with Crippen LogP contribution in [0, 0.1) is 6.92 Å². The van der Waals surface area contributed by atoms with Crippen molar-refractivity contribution in [1.82, 2.24) is 10.3 Å². The van der Waals surface area contributed by atoms with Crippen LogP contribution < -0.4 is 5.32 Å². The predicted molar refractivity (Wildman–Crippen MR) is 85.4 cm³/mol. The van der Waals surface area contributed by atoms with E-state index in [0.29, 0.717) is 6.04 Å². The predicted octanol–water partition coefficient (Wildman–Crippen LogP) is 3.53. The summed E-state index contributed by atoms with van der Waals surface area (Å²) in [5, 5.41) is 4.91. The highest BCUT2D eigenvalue weighted by Gasteiger charge is 2.15. The van der Waals surface area contributed by atoms with Crippen LogP contribution in [0.25, 0.3) is 0 Å². The van der Waals surface area contributed by atoms with Gasteiger partial charge in [-0.3, -0.25) is 0 Å². The minimum absolute atomic E-state index is 0.632. The summed E-state index contributed by atoms with van der Waals surface area (Å²) in [5.41, 5.74) is 3.09. The lowest BCUT2D eigenvalue weighted by Crippen LogP contribution is -2.32. The van der Waals surface area contributed by atoms with Gasteiger partial charge in [0.1, 0.15) is 0 Å². The lowest BCUT2D eigenvalue weighted by atomic mass is 10.0. The number of thiazole rings is 1. The van der Waals surface area contributed by atoms with E-state index in [4.69, 9.17) is 0 Å². The van der Waals surface area contributed by atoms with E-state index in [9.17, 15) is 0 Å². The Labute approximate surface area is 125 Å². The zero-order chi connectivity index (χ0) is 13.8. The lowest BCUT2D eigenvalue weighted by Gasteiger charge is -2.16. The summed E-state index contributed by atoms with van der Waals surface area (Å²) in [6.07, 6.45) is 8.12. The van der Waals surface area contributed by atoms with Crippen molar-refractivity contribution in [3.05, 3.63) is 51.5 Å². The van der Waals surface area contributed by atoms with Gasteiger partial charge in [0.05, 0.1) is 5.01 Å². The third kappa shape index (κ3) is 3.47. The number of fused-ring (bicyclic) bond motifs is 1. The van der Waals surface area contributed by atoms with Gasteiger partial charge in [0.15, 0.2) is 0 Å². The maximum absolute atomic E-state index is 4.32. The minimum Gasteiger partial charge on any atom is -0.313 e. The molecule has 1 atom stereocenters. The highest BCUT2D eigenvalue weighted by Crippen LogP contribution is 2.20. The Bertz CT molecular complexity index is 562. The Morgan fingerprint density at radius 3 is 2.95 bits per heavy atom. The number of aromatic nitrogens is 1. The molecule has 3 heteroatoms. The summed E-state index contributed by atoms with van der Waals surface area (Å²) < 4.78 is 0. The van der Waals surface area contributed by atoms with Gasteiger partial charge in [-0.15, -0.1) is 11.3 Å². The molecule has 0 amide bonds. The normalized spacial score (nSPS) is 18.6. The third-order valence-corrected chi connectivity index (χ3v) is 5.03. The molecular formula is C17H22N2S. The molecule has 3 rings (SSSR count). The second kappa shape index (κ2) is 6.51. The molecule has 106 valence electrons. The SMILES string of the molecule is Cc1ncc(CCNC2CCCc3ccccc3C2)s1. The van der Waals surface area contributed by atoms with Crippen LogP contribution in [-0.2, 0) is 19.3 Å². The van der Waals surface area contributed by atoms with Crippen LogP contribution >= 0.6 is 11.3 Å². The topological polar surface area (TPSA) is 24.9 Å². The maximum atomic E-state index is 4.32. The van der Waals surface area contributed by atoms with Gasteiger partial charge in [-0.25, -0.2) is 4.98 Å². The van der Waals surface area contributed by atoms with E-state index in [1.807, 2.05) is 17.5 Å². The van der Waals surface area contributed by atoms with Crippen LogP contribution in [0.1, 0.15) is 33.9 Å². The summed E-state index contributed by atoms with van der Waals surface area (Å²) >= 11 is 1.82. The molecule has 1 aliphatic rings. The second-order valence-electron chi connectivity index (χ2n) is 5.61. The first-order valence-corrected chi connectivity index (χ1v) is 8.34. The molecule has 1 aliphatic carbocycles. The molecule has 20 heavy (non-hydrogen) atoms. The molecule has 1 unspecified atom stereocenters. The monoisotopic (exact) mass is 286 g/mol. The molecule has 1 aromatic heterocycles. The smallest absolute Gasteiger partial charge is 0.0896 e. The van der Waals surface area contributed by atoms with E-state index in [1.54, 1.807) is 5.56 Å². The maximum Gasteiger partial charge on any atom is 0.0896 e. The van der Waals surface area contributed by atoms with E-state index < -0.39 is 0 Å². The van der Waals surface area contributed by atoms with Crippen molar-refractivity contribution in [2.45, 2.75) is 45.1 Å². The van der Waals surface area contributed by atoms with Crippen LogP contribution in [-0.4, -0.2) is 17.6 Å². The highest BCUT2D eigenvalue weighted by atomic mass is 32.1. The molecular weight excluding hydrogens is 264 g/mol. The number of hydrogen-bond acceptors (Lipinski definition) is 3. The van der Waals surface area contributed by atoms with Crippen LogP contribution in [0.5, 0.6) is 0 Å². The summed E-state index contributed by atoms with van der Waals surface area (Å²) in [4.78, 5) is 5.71. The molecule has 2 nitrogen and oxygen atoms in total. The van der Waals surface area contributed by atoms with Gasteiger partial charge < -0.3 is 5.32 Å². The van der Waals surface area contributed by atoms with Crippen LogP contribution in [0.15, 0.2) is 30.5 Å². The number of nitrogens with one attached hydrogen (secondary N) is 1. The standard InChI is InChI=1S/C17H22N2S/c1-13-19-12-17(20-13)9-10-18-16-8-4-7-14-5-2-3-6-15(14)11-16/h2-3,5-6,12,16,18H,4,7-11H2,1H3. The van der Waals surface area contributed by atoms with Crippen molar-refractivity contribution in [3.63, 3.8) is 0 Å². The van der Waals surface area contributed by atoms with E-state index >= 15 is 0 Å². The zero-order valence-electron chi connectivity index (χ0n) is 12.1. The summed E-state index contributed by atoms with van der Waals surface area (Å²) in [6.45, 7) is 3.14. The van der Waals surface area contributed by atoms with Crippen molar-refractivity contribution in [1.29, 1.82) is 0 Å². The Hall–Kier alpha value is -1.19. The molecule has 0 bridgehead atoms. The Balaban J connectivity index is 1.53. The fourth-order valence-electron chi connectivity index (χ4n) is 3.00. The molecule has 1 heterocycles. The van der Waals surface area contributed by atoms with Crippen LogP contribution in [0.3, 0.4) is 0 Å². The van der Waals surface area contributed by atoms with Gasteiger partial charge >= 0.3 is 0 Å². The van der Waals surface area contributed by atoms with Gasteiger partial charge in [0, 0.05) is 23.7 Å². The Kier molecular flexibility index (Phi) is 4.48. The fourth-order valence-corrected chi connectivity index (χ4v) is 3.80. The van der Waals surface area contributed by atoms with Gasteiger partial charge in [0.2, 0.25) is 0 Å². The molecule has 0 radical (unpaired) electrons. The third-order valence-electron chi connectivity index (χ3n) is 4.06. The Morgan fingerprint density at radius 2 is 2.15 bits per heavy atom. The van der Waals surface area contributed by atoms with E-state index in [0.717, 1.165) is 13.0 Å². The quantitative estimate of drug-likeness (QED) is 0.870. The number of rotatable bonds is 4. The molecule has 0 saturated carbocycles. The first kappa shape index (κ1) is 13.8. The van der Waals surface area contributed by atoms with Crippen LogP contribution in [0.4, 0.5) is 0 Å². The van der Waals surface area contributed by atoms with E-state index in [-0.39, 0.29) is 0 Å². The fraction of sp³-hybridized carbons (Fsp3) is 0.471. The van der Waals surface area contributed by atoms with Crippen molar-refractivity contribution in [2.75, 3.05) is 6.54 Å². The number of benzene rings is 1. The molecule has 0 aliphatic heterocycles. The largest absolute Gasteiger partial charge is 0.313 e. The van der Waals surface area contributed by atoms with Crippen molar-refractivity contribution in [2.24, 2.45) is 0 Å². The molecule has 0 spiro atoms. The van der Waals surface area contributed by atoms with Gasteiger partial charge in [-0.05, 0) is 50.2 Å². The first-order valence-electron chi connectivity index (χ1n) is 7.53. The lowest BCUT2D eigenvalue weighted by molar-refractivity contribution is 0.479. The first-order chi connectivity index (χ1) is 9.81. The number of hydrogen-bond donors (Lipinski definition) is 1. The molecule has 1 N–H and O–H groups in total. The van der Waals surface area contributed by atoms with E-state index in [2.05, 4.69) is 41.5 Å². The van der Waals surface area contributed by atoms with Crippen molar-refractivity contribution < 1.29 is 0 Å². The van der Waals surface area contributed by atoms with Crippen molar-refractivity contribution >= 4 is 11.3 Å². The zero-order valence-corrected chi connectivity index (χ0v) is 12.9. The molecule has 1 aromatic carbocycles.